The number of likely N-dealkylation sites (N-methyl/N-ethyl adjacent to an activating group) is 1. The van der Waals surface area contributed by atoms with Crippen LogP contribution in [0.2, 0.25) is 0 Å². The summed E-state index contributed by atoms with van der Waals surface area (Å²) in [6.45, 7) is 4.05. The van der Waals surface area contributed by atoms with Crippen LogP contribution >= 0.6 is 11.3 Å². The number of hydrogen-bond acceptors (Lipinski definition) is 4. The van der Waals surface area contributed by atoms with E-state index in [-0.39, 0.29) is 5.41 Å². The number of para-hydroxylation sites is 1. The van der Waals surface area contributed by atoms with Gasteiger partial charge in [-0.1, -0.05) is 19.1 Å². The van der Waals surface area contributed by atoms with Crippen molar-refractivity contribution in [2.75, 3.05) is 20.2 Å². The summed E-state index contributed by atoms with van der Waals surface area (Å²) in [5, 5.41) is 3.31. The zero-order valence-electron chi connectivity index (χ0n) is 11.3. The number of ether oxygens (including phenoxy) is 1. The Labute approximate surface area is 117 Å². The first-order valence-electron chi connectivity index (χ1n) is 6.54. The summed E-state index contributed by atoms with van der Waals surface area (Å²) >= 11 is 1.66. The molecule has 19 heavy (non-hydrogen) atoms. The van der Waals surface area contributed by atoms with Gasteiger partial charge in [0.1, 0.15) is 5.75 Å². The Morgan fingerprint density at radius 1 is 1.47 bits per heavy atom. The number of thiazole rings is 1. The molecule has 2 aromatic rings. The Kier molecular flexibility index (Phi) is 3.29. The standard InChI is InChI=1S/C15H18N2OS/c1-15(9-16-2)6-7-18-14-11(4-3-5-12(14)15)13-8-17-10-19-13/h3-5,8,10,16H,6-7,9H2,1-2H3. The Morgan fingerprint density at radius 2 is 2.37 bits per heavy atom. The topological polar surface area (TPSA) is 34.1 Å². The highest BCUT2D eigenvalue weighted by Crippen LogP contribution is 2.44. The van der Waals surface area contributed by atoms with E-state index in [1.807, 2.05) is 18.8 Å². The van der Waals surface area contributed by atoms with Crippen LogP contribution in [-0.4, -0.2) is 25.2 Å². The zero-order chi connectivity index (χ0) is 13.3. The van der Waals surface area contributed by atoms with E-state index in [4.69, 9.17) is 4.74 Å². The Balaban J connectivity index is 2.12. The monoisotopic (exact) mass is 274 g/mol. The van der Waals surface area contributed by atoms with Crippen LogP contribution in [0.4, 0.5) is 0 Å². The van der Waals surface area contributed by atoms with Gasteiger partial charge in [0.2, 0.25) is 0 Å². The van der Waals surface area contributed by atoms with Crippen molar-refractivity contribution in [2.24, 2.45) is 0 Å². The summed E-state index contributed by atoms with van der Waals surface area (Å²) < 4.78 is 5.97. The van der Waals surface area contributed by atoms with Crippen molar-refractivity contribution in [1.29, 1.82) is 0 Å². The Hall–Kier alpha value is -1.39. The third kappa shape index (κ3) is 2.15. The summed E-state index contributed by atoms with van der Waals surface area (Å²) in [5.41, 5.74) is 4.48. The minimum Gasteiger partial charge on any atom is -0.493 e. The molecule has 0 spiro atoms. The van der Waals surface area contributed by atoms with Crippen molar-refractivity contribution in [3.05, 3.63) is 35.5 Å². The number of benzene rings is 1. The number of nitrogens with one attached hydrogen (secondary N) is 1. The van der Waals surface area contributed by atoms with Crippen molar-refractivity contribution < 1.29 is 4.74 Å². The van der Waals surface area contributed by atoms with E-state index in [1.54, 1.807) is 11.3 Å². The maximum atomic E-state index is 5.97. The molecule has 0 fully saturated rings. The summed E-state index contributed by atoms with van der Waals surface area (Å²) in [5.74, 6) is 1.04. The first-order valence-corrected chi connectivity index (χ1v) is 7.42. The fourth-order valence-electron chi connectivity index (χ4n) is 2.80. The van der Waals surface area contributed by atoms with Gasteiger partial charge < -0.3 is 10.1 Å². The highest BCUT2D eigenvalue weighted by atomic mass is 32.1. The minimum absolute atomic E-state index is 0.142. The molecular weight excluding hydrogens is 256 g/mol. The summed E-state index contributed by atoms with van der Waals surface area (Å²) in [7, 11) is 2.01. The third-order valence-electron chi connectivity index (χ3n) is 3.83. The lowest BCUT2D eigenvalue weighted by Crippen LogP contribution is -2.38. The number of fused-ring (bicyclic) bond motifs is 1. The maximum absolute atomic E-state index is 5.97. The van der Waals surface area contributed by atoms with Gasteiger partial charge in [-0.2, -0.15) is 0 Å². The molecule has 1 atom stereocenters. The fraction of sp³-hybridized carbons (Fsp3) is 0.400. The summed E-state index contributed by atoms with van der Waals surface area (Å²) in [4.78, 5) is 5.34. The van der Waals surface area contributed by atoms with Gasteiger partial charge in [-0.3, -0.25) is 4.98 Å². The fourth-order valence-corrected chi connectivity index (χ4v) is 3.44. The molecule has 1 aliphatic rings. The number of aromatic nitrogens is 1. The van der Waals surface area contributed by atoms with Crippen molar-refractivity contribution in [1.82, 2.24) is 10.3 Å². The molecule has 3 nitrogen and oxygen atoms in total. The molecule has 4 heteroatoms. The Bertz CT molecular complexity index is 568. The van der Waals surface area contributed by atoms with Crippen LogP contribution in [0, 0.1) is 0 Å². The van der Waals surface area contributed by atoms with Crippen LogP contribution in [0.15, 0.2) is 29.9 Å². The quantitative estimate of drug-likeness (QED) is 0.934. The SMILES string of the molecule is CNCC1(C)CCOc2c(-c3cncs3)cccc21. The van der Waals surface area contributed by atoms with Crippen LogP contribution in [0.25, 0.3) is 10.4 Å². The molecule has 0 saturated carbocycles. The molecule has 1 aromatic heterocycles. The molecule has 1 N–H and O–H groups in total. The van der Waals surface area contributed by atoms with Crippen molar-refractivity contribution in [3.8, 4) is 16.2 Å². The number of hydrogen-bond donors (Lipinski definition) is 1. The van der Waals surface area contributed by atoms with E-state index in [9.17, 15) is 0 Å². The maximum Gasteiger partial charge on any atom is 0.131 e. The predicted octanol–water partition coefficient (Wildman–Crippen LogP) is 3.07. The second kappa shape index (κ2) is 4.94. The summed E-state index contributed by atoms with van der Waals surface area (Å²) in [6, 6.07) is 6.43. The molecule has 3 rings (SSSR count). The normalized spacial score (nSPS) is 21.8. The predicted molar refractivity (Wildman–Crippen MR) is 78.9 cm³/mol. The molecule has 0 radical (unpaired) electrons. The first kappa shape index (κ1) is 12.6. The zero-order valence-corrected chi connectivity index (χ0v) is 12.1. The molecule has 1 aliphatic heterocycles. The van der Waals surface area contributed by atoms with E-state index in [0.717, 1.165) is 25.3 Å². The van der Waals surface area contributed by atoms with E-state index >= 15 is 0 Å². The van der Waals surface area contributed by atoms with Crippen LogP contribution in [0.5, 0.6) is 5.75 Å². The molecule has 0 bridgehead atoms. The van der Waals surface area contributed by atoms with Crippen LogP contribution in [0.3, 0.4) is 0 Å². The van der Waals surface area contributed by atoms with Gasteiger partial charge >= 0.3 is 0 Å². The van der Waals surface area contributed by atoms with Crippen molar-refractivity contribution in [2.45, 2.75) is 18.8 Å². The van der Waals surface area contributed by atoms with E-state index in [2.05, 4.69) is 35.4 Å². The lowest BCUT2D eigenvalue weighted by molar-refractivity contribution is 0.223. The second-order valence-electron chi connectivity index (χ2n) is 5.24. The number of nitrogens with zero attached hydrogens (tertiary/aromatic N) is 1. The average Bonchev–Trinajstić information content (AvgIpc) is 2.92. The highest BCUT2D eigenvalue weighted by Gasteiger charge is 2.34. The molecule has 0 saturated heterocycles. The van der Waals surface area contributed by atoms with E-state index in [0.29, 0.717) is 0 Å². The lowest BCUT2D eigenvalue weighted by atomic mass is 9.77. The van der Waals surface area contributed by atoms with Gasteiger partial charge in [0.25, 0.3) is 0 Å². The largest absolute Gasteiger partial charge is 0.493 e. The van der Waals surface area contributed by atoms with Crippen LogP contribution < -0.4 is 10.1 Å². The second-order valence-corrected chi connectivity index (χ2v) is 6.12. The van der Waals surface area contributed by atoms with Gasteiger partial charge in [-0.15, -0.1) is 11.3 Å². The molecule has 0 aliphatic carbocycles. The first-order chi connectivity index (χ1) is 9.24. The molecule has 100 valence electrons. The summed E-state index contributed by atoms with van der Waals surface area (Å²) in [6.07, 6.45) is 2.96. The molecular formula is C15H18N2OS. The van der Waals surface area contributed by atoms with Crippen LogP contribution in [0.1, 0.15) is 18.9 Å². The Morgan fingerprint density at radius 3 is 3.11 bits per heavy atom. The average molecular weight is 274 g/mol. The molecule has 0 amide bonds. The van der Waals surface area contributed by atoms with Crippen LogP contribution in [-0.2, 0) is 5.41 Å². The van der Waals surface area contributed by atoms with Gasteiger partial charge in [-0.25, -0.2) is 0 Å². The minimum atomic E-state index is 0.142. The molecule has 1 aromatic carbocycles. The van der Waals surface area contributed by atoms with E-state index < -0.39 is 0 Å². The van der Waals surface area contributed by atoms with E-state index in [1.165, 1.54) is 16.0 Å². The lowest BCUT2D eigenvalue weighted by Gasteiger charge is -2.36. The van der Waals surface area contributed by atoms with Gasteiger partial charge in [0.15, 0.2) is 0 Å². The number of rotatable bonds is 3. The van der Waals surface area contributed by atoms with Gasteiger partial charge in [0.05, 0.1) is 17.0 Å². The van der Waals surface area contributed by atoms with Crippen molar-refractivity contribution >= 4 is 11.3 Å². The molecule has 1 unspecified atom stereocenters. The highest BCUT2D eigenvalue weighted by molar-refractivity contribution is 7.13. The van der Waals surface area contributed by atoms with Crippen molar-refractivity contribution in [3.63, 3.8) is 0 Å². The molecule has 2 heterocycles. The smallest absolute Gasteiger partial charge is 0.131 e. The third-order valence-corrected chi connectivity index (χ3v) is 4.64. The van der Waals surface area contributed by atoms with Gasteiger partial charge in [0, 0.05) is 29.3 Å². The van der Waals surface area contributed by atoms with Gasteiger partial charge in [-0.05, 0) is 19.5 Å².